The second kappa shape index (κ2) is 7.16. The van der Waals surface area contributed by atoms with Gasteiger partial charge in [0.25, 0.3) is 0 Å². The van der Waals surface area contributed by atoms with Crippen LogP contribution in [0.1, 0.15) is 25.5 Å². The van der Waals surface area contributed by atoms with Crippen molar-refractivity contribution >= 4 is 5.91 Å². The number of fused-ring (bicyclic) bond motifs is 1. The van der Waals surface area contributed by atoms with Gasteiger partial charge in [-0.15, -0.1) is 0 Å². The maximum atomic E-state index is 12.1. The van der Waals surface area contributed by atoms with Gasteiger partial charge in [-0.2, -0.15) is 0 Å². The quantitative estimate of drug-likeness (QED) is 0.684. The summed E-state index contributed by atoms with van der Waals surface area (Å²) in [6.45, 7) is 3.78. The highest BCUT2D eigenvalue weighted by Gasteiger charge is 2.30. The van der Waals surface area contributed by atoms with E-state index in [1.165, 1.54) is 0 Å². The molecule has 1 amide bonds. The highest BCUT2D eigenvalue weighted by atomic mass is 16.5. The van der Waals surface area contributed by atoms with Crippen LogP contribution in [0.4, 0.5) is 0 Å². The fourth-order valence-corrected chi connectivity index (χ4v) is 3.37. The van der Waals surface area contributed by atoms with E-state index in [1.807, 2.05) is 37.3 Å². The lowest BCUT2D eigenvalue weighted by molar-refractivity contribution is -0.130. The van der Waals surface area contributed by atoms with E-state index >= 15 is 0 Å². The predicted molar refractivity (Wildman–Crippen MR) is 94.9 cm³/mol. The van der Waals surface area contributed by atoms with E-state index in [0.29, 0.717) is 0 Å². The molecule has 0 spiro atoms. The van der Waals surface area contributed by atoms with Crippen LogP contribution in [0.2, 0.25) is 0 Å². The summed E-state index contributed by atoms with van der Waals surface area (Å²) in [7, 11) is 0. The number of nitrogens with two attached hydrogens (primary N) is 1. The van der Waals surface area contributed by atoms with Gasteiger partial charge in [0.15, 0.2) is 0 Å². The molecule has 1 aliphatic heterocycles. The molecule has 126 valence electrons. The third-order valence-corrected chi connectivity index (χ3v) is 4.56. The van der Waals surface area contributed by atoms with Gasteiger partial charge in [0.2, 0.25) is 5.91 Å². The second-order valence-electron chi connectivity index (χ2n) is 6.28. The van der Waals surface area contributed by atoms with E-state index < -0.39 is 0 Å². The van der Waals surface area contributed by atoms with Gasteiger partial charge < -0.3 is 15.4 Å². The first-order chi connectivity index (χ1) is 11.6. The Morgan fingerprint density at radius 2 is 2.00 bits per heavy atom. The lowest BCUT2D eigenvalue weighted by Gasteiger charge is -2.35. The van der Waals surface area contributed by atoms with Gasteiger partial charge >= 0.3 is 0 Å². The largest absolute Gasteiger partial charge is 0.366 e. The first-order valence-electron chi connectivity index (χ1n) is 8.36. The molecule has 4 heteroatoms. The SMILES string of the molecule is CC(=O)N(CN)C(C1=CC2C=CC(C)OC2C=C1)c1ccccc1. The molecule has 1 heterocycles. The molecule has 4 atom stereocenters. The fourth-order valence-electron chi connectivity index (χ4n) is 3.37. The molecule has 0 radical (unpaired) electrons. The number of carbonyl (C=O) groups excluding carboxylic acids is 1. The van der Waals surface area contributed by atoms with Crippen molar-refractivity contribution in [1.29, 1.82) is 0 Å². The topological polar surface area (TPSA) is 55.6 Å². The van der Waals surface area contributed by atoms with E-state index in [9.17, 15) is 4.79 Å². The van der Waals surface area contributed by atoms with Crippen molar-refractivity contribution in [3.63, 3.8) is 0 Å². The first kappa shape index (κ1) is 16.7. The van der Waals surface area contributed by atoms with E-state index in [-0.39, 0.29) is 36.7 Å². The summed E-state index contributed by atoms with van der Waals surface area (Å²) in [5, 5.41) is 0. The molecule has 1 aromatic rings. The Bertz CT molecular complexity index is 678. The van der Waals surface area contributed by atoms with Crippen LogP contribution in [-0.4, -0.2) is 29.7 Å². The maximum Gasteiger partial charge on any atom is 0.221 e. The zero-order valence-corrected chi connectivity index (χ0v) is 14.1. The Balaban J connectivity index is 1.99. The molecule has 4 unspecified atom stereocenters. The van der Waals surface area contributed by atoms with Gasteiger partial charge in [-0.05, 0) is 18.1 Å². The summed E-state index contributed by atoms with van der Waals surface area (Å²) in [4.78, 5) is 13.8. The van der Waals surface area contributed by atoms with Crippen LogP contribution in [0.3, 0.4) is 0 Å². The molecular formula is C20H24N2O2. The number of rotatable bonds is 4. The van der Waals surface area contributed by atoms with Crippen LogP contribution in [0.5, 0.6) is 0 Å². The summed E-state index contributed by atoms with van der Waals surface area (Å²) in [6.07, 6.45) is 10.8. The fraction of sp³-hybridized carbons (Fsp3) is 0.350. The summed E-state index contributed by atoms with van der Waals surface area (Å²) in [5.41, 5.74) is 8.02. The summed E-state index contributed by atoms with van der Waals surface area (Å²) in [6, 6.07) is 9.83. The smallest absolute Gasteiger partial charge is 0.221 e. The number of hydrogen-bond donors (Lipinski definition) is 1. The van der Waals surface area contributed by atoms with E-state index in [1.54, 1.807) is 11.8 Å². The van der Waals surface area contributed by atoms with Crippen LogP contribution >= 0.6 is 0 Å². The third-order valence-electron chi connectivity index (χ3n) is 4.56. The van der Waals surface area contributed by atoms with E-state index in [4.69, 9.17) is 10.5 Å². The zero-order chi connectivity index (χ0) is 17.1. The molecular weight excluding hydrogens is 300 g/mol. The Kier molecular flexibility index (Phi) is 4.97. The molecule has 2 N–H and O–H groups in total. The number of hydrogen-bond acceptors (Lipinski definition) is 3. The van der Waals surface area contributed by atoms with Crippen molar-refractivity contribution in [2.75, 3.05) is 6.67 Å². The van der Waals surface area contributed by atoms with Gasteiger partial charge in [-0.3, -0.25) is 4.79 Å². The third kappa shape index (κ3) is 3.35. The Labute approximate surface area is 143 Å². The monoisotopic (exact) mass is 324 g/mol. The Morgan fingerprint density at radius 3 is 2.67 bits per heavy atom. The standard InChI is InChI=1S/C20H24N2O2/c1-14-8-9-17-12-18(10-11-19(17)24-14)20(22(13-21)15(2)23)16-6-4-3-5-7-16/h3-12,14,17,19-20H,13,21H2,1-2H3. The lowest BCUT2D eigenvalue weighted by Crippen LogP contribution is -2.39. The normalized spacial score (nSPS) is 26.5. The molecule has 1 aliphatic carbocycles. The van der Waals surface area contributed by atoms with Crippen LogP contribution in [-0.2, 0) is 9.53 Å². The van der Waals surface area contributed by atoms with E-state index in [2.05, 4.69) is 30.4 Å². The maximum absolute atomic E-state index is 12.1. The molecule has 0 bridgehead atoms. The van der Waals surface area contributed by atoms with Crippen molar-refractivity contribution in [3.05, 3.63) is 71.8 Å². The minimum absolute atomic E-state index is 0.0353. The highest BCUT2D eigenvalue weighted by molar-refractivity contribution is 5.74. The average molecular weight is 324 g/mol. The van der Waals surface area contributed by atoms with Gasteiger partial charge in [-0.25, -0.2) is 0 Å². The number of benzene rings is 1. The van der Waals surface area contributed by atoms with Crippen molar-refractivity contribution in [2.24, 2.45) is 11.7 Å². The number of carbonyl (C=O) groups is 1. The highest BCUT2D eigenvalue weighted by Crippen LogP contribution is 2.35. The van der Waals surface area contributed by atoms with Crippen LogP contribution in [0.15, 0.2) is 66.3 Å². The molecule has 0 aromatic heterocycles. The van der Waals surface area contributed by atoms with Gasteiger partial charge in [0.05, 0.1) is 24.9 Å². The molecule has 2 aliphatic rings. The van der Waals surface area contributed by atoms with E-state index in [0.717, 1.165) is 11.1 Å². The minimum atomic E-state index is -0.182. The zero-order valence-electron chi connectivity index (χ0n) is 14.1. The average Bonchev–Trinajstić information content (AvgIpc) is 2.59. The summed E-state index contributed by atoms with van der Waals surface area (Å²) >= 11 is 0. The second-order valence-corrected chi connectivity index (χ2v) is 6.28. The van der Waals surface area contributed by atoms with Crippen LogP contribution in [0.25, 0.3) is 0 Å². The number of ether oxygens (including phenoxy) is 1. The molecule has 4 nitrogen and oxygen atoms in total. The predicted octanol–water partition coefficient (Wildman–Crippen LogP) is 2.95. The van der Waals surface area contributed by atoms with Crippen LogP contribution in [0, 0.1) is 5.92 Å². The molecule has 3 rings (SSSR count). The van der Waals surface area contributed by atoms with Gasteiger partial charge in [-0.1, -0.05) is 60.7 Å². The molecule has 0 saturated carbocycles. The summed E-state index contributed by atoms with van der Waals surface area (Å²) in [5.74, 6) is 0.158. The van der Waals surface area contributed by atoms with Crippen molar-refractivity contribution in [3.8, 4) is 0 Å². The van der Waals surface area contributed by atoms with Crippen molar-refractivity contribution in [1.82, 2.24) is 4.90 Å². The van der Waals surface area contributed by atoms with Gasteiger partial charge in [0, 0.05) is 12.8 Å². The number of amides is 1. The van der Waals surface area contributed by atoms with Gasteiger partial charge in [0.1, 0.15) is 0 Å². The molecule has 0 saturated heterocycles. The summed E-state index contributed by atoms with van der Waals surface area (Å²) < 4.78 is 5.93. The lowest BCUT2D eigenvalue weighted by atomic mass is 9.85. The van der Waals surface area contributed by atoms with Crippen molar-refractivity contribution in [2.45, 2.75) is 32.1 Å². The Morgan fingerprint density at radius 1 is 1.25 bits per heavy atom. The number of nitrogens with zero attached hydrogens (tertiary/aromatic N) is 1. The van der Waals surface area contributed by atoms with Crippen LogP contribution < -0.4 is 5.73 Å². The Hall–Kier alpha value is -2.17. The molecule has 0 fully saturated rings. The molecule has 1 aromatic carbocycles. The molecule has 24 heavy (non-hydrogen) atoms. The minimum Gasteiger partial charge on any atom is -0.366 e. The van der Waals surface area contributed by atoms with Crippen molar-refractivity contribution < 1.29 is 9.53 Å². The first-order valence-corrected chi connectivity index (χ1v) is 8.36.